The number of nitrogens with zero attached hydrogens (tertiary/aromatic N) is 2. The first-order valence-corrected chi connectivity index (χ1v) is 8.80. The minimum atomic E-state index is -0.295. The standard InChI is InChI=1S/C17H14BrN3O3S/c1-23-12-7-8-13(14(9-12)24-2)19-17(22)16-15(20-21-25-16)10-3-5-11(18)6-4-10/h3-9H,1-2H3,(H,19,22). The smallest absolute Gasteiger partial charge is 0.269 e. The molecule has 0 saturated carbocycles. The van der Waals surface area contributed by atoms with Crippen LogP contribution in [0.25, 0.3) is 11.3 Å². The molecule has 0 atom stereocenters. The molecule has 0 aliphatic carbocycles. The van der Waals surface area contributed by atoms with E-state index in [2.05, 4.69) is 30.8 Å². The number of benzene rings is 2. The van der Waals surface area contributed by atoms with Gasteiger partial charge in [0.1, 0.15) is 22.1 Å². The minimum absolute atomic E-state index is 0.295. The van der Waals surface area contributed by atoms with Crippen LogP contribution < -0.4 is 14.8 Å². The van der Waals surface area contributed by atoms with Gasteiger partial charge in [-0.2, -0.15) is 0 Å². The third-order valence-corrected chi connectivity index (χ3v) is 4.72. The molecule has 2 aromatic carbocycles. The number of nitrogens with one attached hydrogen (secondary N) is 1. The number of halogens is 1. The lowest BCUT2D eigenvalue weighted by molar-refractivity contribution is 0.103. The van der Waals surface area contributed by atoms with Gasteiger partial charge in [0.05, 0.1) is 19.9 Å². The summed E-state index contributed by atoms with van der Waals surface area (Å²) in [4.78, 5) is 13.1. The molecule has 1 aromatic heterocycles. The summed E-state index contributed by atoms with van der Waals surface area (Å²) in [5, 5.41) is 6.93. The minimum Gasteiger partial charge on any atom is -0.497 e. The van der Waals surface area contributed by atoms with E-state index in [9.17, 15) is 4.79 Å². The summed E-state index contributed by atoms with van der Waals surface area (Å²) < 4.78 is 15.3. The second kappa shape index (κ2) is 7.62. The van der Waals surface area contributed by atoms with E-state index in [-0.39, 0.29) is 5.91 Å². The van der Waals surface area contributed by atoms with Gasteiger partial charge in [0, 0.05) is 16.1 Å². The molecule has 0 spiro atoms. The van der Waals surface area contributed by atoms with Crippen LogP contribution >= 0.6 is 27.5 Å². The first-order valence-electron chi connectivity index (χ1n) is 7.24. The maximum atomic E-state index is 12.7. The Balaban J connectivity index is 1.88. The molecule has 0 saturated heterocycles. The van der Waals surface area contributed by atoms with Crippen LogP contribution in [0.4, 0.5) is 5.69 Å². The number of rotatable bonds is 5. The highest BCUT2D eigenvalue weighted by Gasteiger charge is 2.19. The molecular weight excluding hydrogens is 406 g/mol. The zero-order valence-electron chi connectivity index (χ0n) is 13.4. The highest BCUT2D eigenvalue weighted by molar-refractivity contribution is 9.10. The first-order chi connectivity index (χ1) is 12.1. The van der Waals surface area contributed by atoms with Crippen molar-refractivity contribution in [2.24, 2.45) is 0 Å². The first kappa shape index (κ1) is 17.4. The van der Waals surface area contributed by atoms with Crippen LogP contribution in [-0.2, 0) is 0 Å². The predicted octanol–water partition coefficient (Wildman–Crippen LogP) is 4.24. The van der Waals surface area contributed by atoms with E-state index in [4.69, 9.17) is 9.47 Å². The van der Waals surface area contributed by atoms with Gasteiger partial charge in [-0.05, 0) is 35.8 Å². The number of carbonyl (C=O) groups excluding carboxylic acids is 1. The lowest BCUT2D eigenvalue weighted by Crippen LogP contribution is -2.12. The molecule has 0 fully saturated rings. The van der Waals surface area contributed by atoms with Gasteiger partial charge in [0.2, 0.25) is 0 Å². The zero-order chi connectivity index (χ0) is 17.8. The lowest BCUT2D eigenvalue weighted by Gasteiger charge is -2.11. The van der Waals surface area contributed by atoms with Gasteiger partial charge < -0.3 is 14.8 Å². The highest BCUT2D eigenvalue weighted by Crippen LogP contribution is 2.31. The quantitative estimate of drug-likeness (QED) is 0.669. The van der Waals surface area contributed by atoms with Crippen LogP contribution in [0.5, 0.6) is 11.5 Å². The number of aromatic nitrogens is 2. The van der Waals surface area contributed by atoms with Crippen LogP contribution in [0.1, 0.15) is 9.67 Å². The van der Waals surface area contributed by atoms with E-state index in [1.165, 1.54) is 7.11 Å². The summed E-state index contributed by atoms with van der Waals surface area (Å²) >= 11 is 4.44. The van der Waals surface area contributed by atoms with E-state index in [0.717, 1.165) is 21.6 Å². The monoisotopic (exact) mass is 419 g/mol. The molecule has 3 rings (SSSR count). The van der Waals surface area contributed by atoms with Crippen molar-refractivity contribution in [2.45, 2.75) is 0 Å². The van der Waals surface area contributed by atoms with Gasteiger partial charge in [0.15, 0.2) is 0 Å². The Labute approximate surface area is 157 Å². The summed E-state index contributed by atoms with van der Waals surface area (Å²) in [6.07, 6.45) is 0. The second-order valence-corrected chi connectivity index (χ2v) is 6.65. The van der Waals surface area contributed by atoms with Crippen LogP contribution in [0.3, 0.4) is 0 Å². The summed E-state index contributed by atoms with van der Waals surface area (Å²) in [7, 11) is 3.10. The van der Waals surface area contributed by atoms with E-state index in [0.29, 0.717) is 27.8 Å². The van der Waals surface area contributed by atoms with Crippen LogP contribution in [0.2, 0.25) is 0 Å². The van der Waals surface area contributed by atoms with E-state index < -0.39 is 0 Å². The van der Waals surface area contributed by atoms with Crippen molar-refractivity contribution >= 4 is 39.1 Å². The Hall–Kier alpha value is -2.45. The number of hydrogen-bond donors (Lipinski definition) is 1. The third-order valence-electron chi connectivity index (χ3n) is 3.47. The van der Waals surface area contributed by atoms with Gasteiger partial charge in [-0.1, -0.05) is 32.6 Å². The molecule has 0 aliphatic heterocycles. The fourth-order valence-electron chi connectivity index (χ4n) is 2.22. The summed E-state index contributed by atoms with van der Waals surface area (Å²) in [6, 6.07) is 12.7. The van der Waals surface area contributed by atoms with Crippen molar-refractivity contribution in [3.05, 3.63) is 51.8 Å². The Morgan fingerprint density at radius 1 is 1.12 bits per heavy atom. The van der Waals surface area contributed by atoms with Crippen LogP contribution in [0.15, 0.2) is 46.9 Å². The van der Waals surface area contributed by atoms with E-state index >= 15 is 0 Å². The Morgan fingerprint density at radius 2 is 1.88 bits per heavy atom. The highest BCUT2D eigenvalue weighted by atomic mass is 79.9. The largest absolute Gasteiger partial charge is 0.497 e. The molecular formula is C17H14BrN3O3S. The molecule has 1 amide bonds. The van der Waals surface area contributed by atoms with Gasteiger partial charge >= 0.3 is 0 Å². The number of amides is 1. The molecule has 0 unspecified atom stereocenters. The van der Waals surface area contributed by atoms with Crippen LogP contribution in [0, 0.1) is 0 Å². The average Bonchev–Trinajstić information content (AvgIpc) is 3.12. The van der Waals surface area contributed by atoms with Crippen molar-refractivity contribution in [3.8, 4) is 22.8 Å². The van der Waals surface area contributed by atoms with Crippen molar-refractivity contribution in [2.75, 3.05) is 19.5 Å². The third kappa shape index (κ3) is 3.80. The molecule has 6 nitrogen and oxygen atoms in total. The number of carbonyl (C=O) groups is 1. The number of anilines is 1. The zero-order valence-corrected chi connectivity index (χ0v) is 15.8. The summed E-state index contributed by atoms with van der Waals surface area (Å²) in [5.41, 5.74) is 1.91. The number of methoxy groups -OCH3 is 2. The van der Waals surface area contributed by atoms with Gasteiger partial charge in [-0.25, -0.2) is 0 Å². The van der Waals surface area contributed by atoms with Gasteiger partial charge in [-0.15, -0.1) is 5.10 Å². The molecule has 1 N–H and O–H groups in total. The normalized spacial score (nSPS) is 10.4. The maximum Gasteiger partial charge on any atom is 0.269 e. The number of ether oxygens (including phenoxy) is 2. The van der Waals surface area contributed by atoms with Gasteiger partial charge in [-0.3, -0.25) is 4.79 Å². The molecule has 0 radical (unpaired) electrons. The van der Waals surface area contributed by atoms with Crippen molar-refractivity contribution < 1.29 is 14.3 Å². The molecule has 1 heterocycles. The second-order valence-electron chi connectivity index (χ2n) is 4.98. The molecule has 3 aromatic rings. The van der Waals surface area contributed by atoms with Crippen LogP contribution in [-0.4, -0.2) is 29.7 Å². The maximum absolute atomic E-state index is 12.7. The average molecular weight is 420 g/mol. The molecule has 0 bridgehead atoms. The molecule has 128 valence electrons. The fourth-order valence-corrected chi connectivity index (χ4v) is 3.06. The molecule has 0 aliphatic rings. The lowest BCUT2D eigenvalue weighted by atomic mass is 10.1. The Morgan fingerprint density at radius 3 is 2.56 bits per heavy atom. The van der Waals surface area contributed by atoms with E-state index in [1.54, 1.807) is 25.3 Å². The fraction of sp³-hybridized carbons (Fsp3) is 0.118. The van der Waals surface area contributed by atoms with Crippen molar-refractivity contribution in [1.29, 1.82) is 0 Å². The van der Waals surface area contributed by atoms with Crippen molar-refractivity contribution in [3.63, 3.8) is 0 Å². The van der Waals surface area contributed by atoms with E-state index in [1.807, 2.05) is 24.3 Å². The number of hydrogen-bond acceptors (Lipinski definition) is 6. The Bertz CT molecular complexity index is 896. The van der Waals surface area contributed by atoms with Crippen molar-refractivity contribution in [1.82, 2.24) is 9.59 Å². The predicted molar refractivity (Wildman–Crippen MR) is 101 cm³/mol. The SMILES string of the molecule is COc1ccc(NC(=O)c2snnc2-c2ccc(Br)cc2)c(OC)c1. The summed E-state index contributed by atoms with van der Waals surface area (Å²) in [6.45, 7) is 0. The van der Waals surface area contributed by atoms with Gasteiger partial charge in [0.25, 0.3) is 5.91 Å². The molecule has 8 heteroatoms. The molecule has 25 heavy (non-hydrogen) atoms. The topological polar surface area (TPSA) is 73.3 Å². The summed E-state index contributed by atoms with van der Waals surface area (Å²) in [5.74, 6) is 0.858. The Kier molecular flexibility index (Phi) is 5.30.